The minimum absolute atomic E-state index is 0.102. The van der Waals surface area contributed by atoms with Crippen molar-refractivity contribution in [2.24, 2.45) is 10.9 Å². The minimum Gasteiger partial charge on any atom is -0.409 e. The molecular formula is C8H11N9O. The fourth-order valence-corrected chi connectivity index (χ4v) is 0.899. The summed E-state index contributed by atoms with van der Waals surface area (Å²) in [6.45, 7) is 0.538. The van der Waals surface area contributed by atoms with Crippen molar-refractivity contribution < 1.29 is 5.21 Å². The number of oxime groups is 1. The summed E-state index contributed by atoms with van der Waals surface area (Å²) in [5, 5.41) is 26.4. The zero-order valence-electron chi connectivity index (χ0n) is 9.33. The molecule has 0 saturated carbocycles. The van der Waals surface area contributed by atoms with Gasteiger partial charge >= 0.3 is 0 Å². The second-order valence-electron chi connectivity index (χ2n) is 2.94. The molecule has 0 aliphatic heterocycles. The van der Waals surface area contributed by atoms with Gasteiger partial charge in [-0.25, -0.2) is 19.3 Å². The molecule has 0 unspecified atom stereocenters. The molecule has 2 aromatic heterocycles. The Labute approximate surface area is 102 Å². The molecule has 3 N–H and O–H groups in total. The highest BCUT2D eigenvalue weighted by Gasteiger charge is 1.93. The van der Waals surface area contributed by atoms with E-state index in [4.69, 9.17) is 16.2 Å². The Bertz CT molecular complexity index is 495. The summed E-state index contributed by atoms with van der Waals surface area (Å²) in [6, 6.07) is 1.93. The Morgan fingerprint density at radius 2 is 1.89 bits per heavy atom. The number of nitriles is 1. The van der Waals surface area contributed by atoms with Crippen LogP contribution in [0.5, 0.6) is 0 Å². The lowest BCUT2D eigenvalue weighted by atomic mass is 10.6. The monoisotopic (exact) mass is 249 g/mol. The van der Waals surface area contributed by atoms with E-state index in [2.05, 4.69) is 25.3 Å². The molecule has 0 aliphatic carbocycles. The first kappa shape index (κ1) is 13.1. The Kier molecular flexibility index (Phi) is 5.34. The number of nitrogens with zero attached hydrogens (tertiary/aromatic N) is 8. The normalized spacial score (nSPS) is 10.3. The maximum Gasteiger partial charge on any atom is 0.160 e. The molecule has 10 heteroatoms. The highest BCUT2D eigenvalue weighted by Crippen LogP contribution is 1.78. The van der Waals surface area contributed by atoms with E-state index in [1.807, 2.05) is 6.07 Å². The summed E-state index contributed by atoms with van der Waals surface area (Å²) < 4.78 is 2.91. The summed E-state index contributed by atoms with van der Waals surface area (Å²) in [6.07, 6.45) is 5.77. The molecular weight excluding hydrogens is 238 g/mol. The van der Waals surface area contributed by atoms with Crippen LogP contribution in [0.1, 0.15) is 0 Å². The Morgan fingerprint density at radius 3 is 2.33 bits per heavy atom. The van der Waals surface area contributed by atoms with Crippen LogP contribution >= 0.6 is 0 Å². The van der Waals surface area contributed by atoms with E-state index in [9.17, 15) is 0 Å². The van der Waals surface area contributed by atoms with Crippen molar-refractivity contribution in [2.75, 3.05) is 0 Å². The average molecular weight is 249 g/mol. The van der Waals surface area contributed by atoms with E-state index in [0.29, 0.717) is 0 Å². The molecule has 0 bridgehead atoms. The highest BCUT2D eigenvalue weighted by atomic mass is 16.4. The van der Waals surface area contributed by atoms with Crippen molar-refractivity contribution in [3.63, 3.8) is 0 Å². The van der Waals surface area contributed by atoms with E-state index in [1.54, 1.807) is 0 Å². The lowest BCUT2D eigenvalue weighted by Crippen LogP contribution is -2.19. The molecule has 0 aromatic carbocycles. The third kappa shape index (κ3) is 4.71. The molecule has 2 rings (SSSR count). The van der Waals surface area contributed by atoms with Crippen LogP contribution in [0.15, 0.2) is 30.5 Å². The van der Waals surface area contributed by atoms with Gasteiger partial charge in [0.15, 0.2) is 5.84 Å². The van der Waals surface area contributed by atoms with Crippen LogP contribution in [0, 0.1) is 11.3 Å². The predicted molar refractivity (Wildman–Crippen MR) is 59.1 cm³/mol. The molecule has 18 heavy (non-hydrogen) atoms. The largest absolute Gasteiger partial charge is 0.409 e. The maximum absolute atomic E-state index is 8.14. The fourth-order valence-electron chi connectivity index (χ4n) is 0.899. The zero-order chi connectivity index (χ0) is 13.2. The Hall–Kier alpha value is -2.96. The van der Waals surface area contributed by atoms with E-state index < -0.39 is 0 Å². The van der Waals surface area contributed by atoms with Gasteiger partial charge in [0, 0.05) is 0 Å². The van der Waals surface area contributed by atoms with Crippen LogP contribution in [-0.2, 0) is 13.1 Å². The first-order valence-electron chi connectivity index (χ1n) is 4.74. The van der Waals surface area contributed by atoms with Crippen LogP contribution in [0.25, 0.3) is 0 Å². The van der Waals surface area contributed by atoms with Gasteiger partial charge in [0.05, 0.1) is 6.07 Å². The van der Waals surface area contributed by atoms with Crippen LogP contribution < -0.4 is 5.73 Å². The lowest BCUT2D eigenvalue weighted by molar-refractivity contribution is 0.316. The zero-order valence-corrected chi connectivity index (χ0v) is 9.33. The van der Waals surface area contributed by atoms with Gasteiger partial charge in [0.25, 0.3) is 0 Å². The first-order valence-corrected chi connectivity index (χ1v) is 4.74. The Morgan fingerprint density at radius 1 is 1.28 bits per heavy atom. The van der Waals surface area contributed by atoms with Gasteiger partial charge in [-0.1, -0.05) is 5.16 Å². The molecule has 0 atom stereocenters. The number of rotatable bonds is 3. The molecule has 94 valence electrons. The van der Waals surface area contributed by atoms with Crippen LogP contribution in [0.2, 0.25) is 0 Å². The Balaban J connectivity index is 0.000000184. The van der Waals surface area contributed by atoms with Gasteiger partial charge in [-0.15, -0.1) is 0 Å². The molecule has 2 aromatic rings. The van der Waals surface area contributed by atoms with Crippen molar-refractivity contribution >= 4 is 5.84 Å². The van der Waals surface area contributed by atoms with Crippen LogP contribution in [0.3, 0.4) is 0 Å². The molecule has 0 aliphatic rings. The maximum atomic E-state index is 8.14. The molecule has 0 spiro atoms. The quantitative estimate of drug-likeness (QED) is 0.301. The highest BCUT2D eigenvalue weighted by molar-refractivity contribution is 5.79. The van der Waals surface area contributed by atoms with Crippen LogP contribution in [-0.4, -0.2) is 40.6 Å². The molecule has 0 fully saturated rings. The number of amidine groups is 1. The topological polar surface area (TPSA) is 144 Å². The SMILES string of the molecule is N#CCn1cncn1.NC(Cn1cncn1)=NO. The first-order chi connectivity index (χ1) is 8.76. The summed E-state index contributed by atoms with van der Waals surface area (Å²) in [5.74, 6) is 0.102. The molecule has 0 radical (unpaired) electrons. The second-order valence-corrected chi connectivity index (χ2v) is 2.94. The molecule has 10 nitrogen and oxygen atoms in total. The summed E-state index contributed by atoms with van der Waals surface area (Å²) in [7, 11) is 0. The van der Waals surface area contributed by atoms with E-state index in [0.717, 1.165) is 0 Å². The van der Waals surface area contributed by atoms with E-state index in [1.165, 1.54) is 34.7 Å². The van der Waals surface area contributed by atoms with Gasteiger partial charge in [-0.2, -0.15) is 15.5 Å². The lowest BCUT2D eigenvalue weighted by Gasteiger charge is -1.95. The number of hydrogen-bond donors (Lipinski definition) is 2. The number of aromatic nitrogens is 6. The van der Waals surface area contributed by atoms with Crippen LogP contribution in [0.4, 0.5) is 0 Å². The molecule has 0 saturated heterocycles. The van der Waals surface area contributed by atoms with Gasteiger partial charge in [-0.05, 0) is 0 Å². The smallest absolute Gasteiger partial charge is 0.160 e. The second kappa shape index (κ2) is 7.34. The fraction of sp³-hybridized carbons (Fsp3) is 0.250. The molecule has 0 amide bonds. The van der Waals surface area contributed by atoms with Crippen molar-refractivity contribution in [1.82, 2.24) is 29.5 Å². The number of nitrogens with two attached hydrogens (primary N) is 1. The third-order valence-corrected chi connectivity index (χ3v) is 1.62. The van der Waals surface area contributed by atoms with Gasteiger partial charge in [-0.3, -0.25) is 0 Å². The minimum atomic E-state index is 0.102. The standard InChI is InChI=1S/C4H7N5O.C4H4N4/c5-4(8-10)1-9-3-6-2-7-9;5-1-2-8-4-6-3-7-8/h2-3,10H,1H2,(H2,5,8);3-4H,2H2. The third-order valence-electron chi connectivity index (χ3n) is 1.62. The summed E-state index contributed by atoms with van der Waals surface area (Å²) in [5.41, 5.74) is 5.18. The van der Waals surface area contributed by atoms with Crippen molar-refractivity contribution in [1.29, 1.82) is 5.26 Å². The van der Waals surface area contributed by atoms with Crippen molar-refractivity contribution in [3.8, 4) is 6.07 Å². The predicted octanol–water partition coefficient (Wildman–Crippen LogP) is -1.17. The summed E-state index contributed by atoms with van der Waals surface area (Å²) >= 11 is 0. The number of hydrogen-bond acceptors (Lipinski definition) is 7. The van der Waals surface area contributed by atoms with Gasteiger partial charge < -0.3 is 10.9 Å². The van der Waals surface area contributed by atoms with Crippen molar-refractivity contribution in [2.45, 2.75) is 13.1 Å². The van der Waals surface area contributed by atoms with E-state index >= 15 is 0 Å². The average Bonchev–Trinajstić information content (AvgIpc) is 3.03. The molecule has 2 heterocycles. The van der Waals surface area contributed by atoms with Gasteiger partial charge in [0.1, 0.15) is 38.4 Å². The summed E-state index contributed by atoms with van der Waals surface area (Å²) in [4.78, 5) is 7.31. The van der Waals surface area contributed by atoms with E-state index in [-0.39, 0.29) is 18.9 Å². The van der Waals surface area contributed by atoms with Gasteiger partial charge in [0.2, 0.25) is 0 Å². The van der Waals surface area contributed by atoms with Crippen molar-refractivity contribution in [3.05, 3.63) is 25.3 Å².